The summed E-state index contributed by atoms with van der Waals surface area (Å²) >= 11 is 0. The Hall–Kier alpha value is -2.12. The van der Waals surface area contributed by atoms with Crippen LogP contribution >= 0.6 is 0 Å². The molecule has 0 atom stereocenters. The number of alkyl halides is 3. The minimum absolute atomic E-state index is 0.0335. The molecule has 0 radical (unpaired) electrons. The van der Waals surface area contributed by atoms with Crippen LogP contribution in [0.5, 0.6) is 0 Å². The van der Waals surface area contributed by atoms with Crippen molar-refractivity contribution in [3.63, 3.8) is 0 Å². The van der Waals surface area contributed by atoms with Crippen molar-refractivity contribution in [2.24, 2.45) is 5.92 Å². The molecular weight excluding hydrogens is 369 g/mol. The van der Waals surface area contributed by atoms with E-state index in [0.717, 1.165) is 43.8 Å². The molecule has 3 rings (SSSR count). The smallest absolute Gasteiger partial charge is 0.396 e. The normalized spacial score (nSPS) is 16.5. The monoisotopic (exact) mass is 394 g/mol. The number of carbonyl (C=O) groups excluding carboxylic acids is 1. The summed E-state index contributed by atoms with van der Waals surface area (Å²) in [6.45, 7) is 5.55. The molecule has 1 fully saturated rings. The van der Waals surface area contributed by atoms with E-state index < -0.39 is 11.7 Å². The van der Waals surface area contributed by atoms with Gasteiger partial charge in [0.05, 0.1) is 12.1 Å². The second kappa shape index (κ2) is 8.09. The Balaban J connectivity index is 1.81. The number of Topliss-reactive ketones (excluding diaryl/α,β-unsaturated/α-hetero) is 1. The van der Waals surface area contributed by atoms with Crippen LogP contribution in [0.2, 0.25) is 0 Å². The fourth-order valence-electron chi connectivity index (χ4n) is 3.88. The molecule has 7 heteroatoms. The highest BCUT2D eigenvalue weighted by Gasteiger charge is 2.31. The average Bonchev–Trinajstić information content (AvgIpc) is 2.96. The summed E-state index contributed by atoms with van der Waals surface area (Å²) in [4.78, 5) is 14.9. The van der Waals surface area contributed by atoms with Gasteiger partial charge in [-0.2, -0.15) is 13.2 Å². The van der Waals surface area contributed by atoms with E-state index in [1.165, 1.54) is 6.07 Å². The van der Waals surface area contributed by atoms with E-state index in [4.69, 9.17) is 0 Å². The van der Waals surface area contributed by atoms with Crippen LogP contribution in [0.1, 0.15) is 40.2 Å². The number of aryl methyl sites for hydroxylation is 1. The number of aliphatic hydroxyl groups excluding tert-OH is 1. The van der Waals surface area contributed by atoms with E-state index in [0.29, 0.717) is 22.9 Å². The van der Waals surface area contributed by atoms with Gasteiger partial charge in [-0.25, -0.2) is 0 Å². The van der Waals surface area contributed by atoms with E-state index >= 15 is 0 Å². The van der Waals surface area contributed by atoms with Crippen molar-refractivity contribution in [1.82, 2.24) is 9.47 Å². The SMILES string of the molecule is Cc1cc(C(=O)CN2CCC(CO)CC2)c(C)n1-c1cccc(C(F)(F)F)c1. The fourth-order valence-corrected chi connectivity index (χ4v) is 3.88. The number of piperidine rings is 1. The van der Waals surface area contributed by atoms with Crippen molar-refractivity contribution in [3.05, 3.63) is 52.8 Å². The fraction of sp³-hybridized carbons (Fsp3) is 0.476. The number of aliphatic hydroxyl groups is 1. The summed E-state index contributed by atoms with van der Waals surface area (Å²) in [5.74, 6) is 0.270. The highest BCUT2D eigenvalue weighted by atomic mass is 19.4. The van der Waals surface area contributed by atoms with E-state index in [2.05, 4.69) is 4.90 Å². The van der Waals surface area contributed by atoms with Crippen molar-refractivity contribution in [2.75, 3.05) is 26.2 Å². The molecule has 2 aromatic rings. The largest absolute Gasteiger partial charge is 0.416 e. The van der Waals surface area contributed by atoms with Gasteiger partial charge < -0.3 is 9.67 Å². The number of likely N-dealkylation sites (tertiary alicyclic amines) is 1. The first-order valence-electron chi connectivity index (χ1n) is 9.43. The zero-order chi connectivity index (χ0) is 20.5. The van der Waals surface area contributed by atoms with Crippen LogP contribution in [0.4, 0.5) is 13.2 Å². The molecule has 1 aromatic heterocycles. The zero-order valence-corrected chi connectivity index (χ0v) is 16.1. The van der Waals surface area contributed by atoms with E-state index in [1.54, 1.807) is 30.5 Å². The molecule has 28 heavy (non-hydrogen) atoms. The van der Waals surface area contributed by atoms with Gasteiger partial charge in [0.25, 0.3) is 0 Å². The van der Waals surface area contributed by atoms with Gasteiger partial charge in [0.15, 0.2) is 5.78 Å². The number of benzene rings is 1. The van der Waals surface area contributed by atoms with Crippen LogP contribution in [0.3, 0.4) is 0 Å². The predicted octanol–water partition coefficient (Wildman–Crippen LogP) is 4.00. The first-order chi connectivity index (χ1) is 13.2. The molecule has 1 saturated heterocycles. The summed E-state index contributed by atoms with van der Waals surface area (Å²) in [6.07, 6.45) is -2.68. The van der Waals surface area contributed by atoms with Crippen LogP contribution in [-0.2, 0) is 6.18 Å². The molecule has 1 aliphatic rings. The van der Waals surface area contributed by atoms with Crippen molar-refractivity contribution < 1.29 is 23.1 Å². The first kappa shape index (κ1) is 20.6. The molecule has 1 N–H and O–H groups in total. The number of halogens is 3. The minimum atomic E-state index is -4.41. The molecule has 1 aliphatic heterocycles. The van der Waals surface area contributed by atoms with Gasteiger partial charge in [-0.3, -0.25) is 9.69 Å². The third kappa shape index (κ3) is 4.31. The Morgan fingerprint density at radius 1 is 1.18 bits per heavy atom. The number of carbonyl (C=O) groups is 1. The molecule has 1 aromatic carbocycles. The number of hydrogen-bond acceptors (Lipinski definition) is 3. The zero-order valence-electron chi connectivity index (χ0n) is 16.1. The minimum Gasteiger partial charge on any atom is -0.396 e. The maximum absolute atomic E-state index is 13.0. The van der Waals surface area contributed by atoms with Gasteiger partial charge in [-0.05, 0) is 70.0 Å². The van der Waals surface area contributed by atoms with Gasteiger partial charge in [0.1, 0.15) is 0 Å². The van der Waals surface area contributed by atoms with Gasteiger partial charge in [0, 0.05) is 29.2 Å². The van der Waals surface area contributed by atoms with Crippen molar-refractivity contribution in [2.45, 2.75) is 32.9 Å². The van der Waals surface area contributed by atoms with Crippen molar-refractivity contribution in [1.29, 1.82) is 0 Å². The quantitative estimate of drug-likeness (QED) is 0.780. The summed E-state index contributed by atoms with van der Waals surface area (Å²) < 4.78 is 40.8. The summed E-state index contributed by atoms with van der Waals surface area (Å²) in [5.41, 5.74) is 1.59. The van der Waals surface area contributed by atoms with E-state index in [-0.39, 0.29) is 18.9 Å². The topological polar surface area (TPSA) is 45.5 Å². The standard InChI is InChI=1S/C21H25F3N2O2/c1-14-10-19(20(28)12-25-8-6-16(13-27)7-9-25)15(2)26(14)18-5-3-4-17(11-18)21(22,23)24/h3-5,10-11,16,27H,6-9,12-13H2,1-2H3. The highest BCUT2D eigenvalue weighted by Crippen LogP contribution is 2.31. The molecule has 0 bridgehead atoms. The number of ketones is 1. The van der Waals surface area contributed by atoms with Gasteiger partial charge in [-0.1, -0.05) is 6.07 Å². The van der Waals surface area contributed by atoms with Crippen LogP contribution in [0, 0.1) is 19.8 Å². The van der Waals surface area contributed by atoms with E-state index in [1.807, 2.05) is 0 Å². The Morgan fingerprint density at radius 2 is 1.86 bits per heavy atom. The maximum atomic E-state index is 13.0. The molecular formula is C21H25F3N2O2. The van der Waals surface area contributed by atoms with Crippen LogP contribution in [-0.4, -0.2) is 46.6 Å². The first-order valence-corrected chi connectivity index (χ1v) is 9.43. The Morgan fingerprint density at radius 3 is 2.46 bits per heavy atom. The highest BCUT2D eigenvalue weighted by molar-refractivity contribution is 5.99. The lowest BCUT2D eigenvalue weighted by atomic mass is 9.97. The summed E-state index contributed by atoms with van der Waals surface area (Å²) in [7, 11) is 0. The lowest BCUT2D eigenvalue weighted by Gasteiger charge is -2.30. The van der Waals surface area contributed by atoms with Crippen LogP contribution in [0.25, 0.3) is 5.69 Å². The van der Waals surface area contributed by atoms with E-state index in [9.17, 15) is 23.1 Å². The van der Waals surface area contributed by atoms with Gasteiger partial charge in [-0.15, -0.1) is 0 Å². The molecule has 0 unspecified atom stereocenters. The Kier molecular flexibility index (Phi) is 5.95. The summed E-state index contributed by atoms with van der Waals surface area (Å²) in [6, 6.07) is 6.89. The lowest BCUT2D eigenvalue weighted by Crippen LogP contribution is -2.38. The molecule has 0 aliphatic carbocycles. The number of hydrogen-bond donors (Lipinski definition) is 1. The predicted molar refractivity (Wildman–Crippen MR) is 101 cm³/mol. The second-order valence-electron chi connectivity index (χ2n) is 7.49. The molecule has 152 valence electrons. The molecule has 0 spiro atoms. The average molecular weight is 394 g/mol. The third-order valence-corrected chi connectivity index (χ3v) is 5.50. The van der Waals surface area contributed by atoms with Crippen molar-refractivity contribution in [3.8, 4) is 5.69 Å². The van der Waals surface area contributed by atoms with Gasteiger partial charge >= 0.3 is 6.18 Å². The van der Waals surface area contributed by atoms with Gasteiger partial charge in [0.2, 0.25) is 0 Å². The van der Waals surface area contributed by atoms with Crippen molar-refractivity contribution >= 4 is 5.78 Å². The van der Waals surface area contributed by atoms with Crippen LogP contribution in [0.15, 0.2) is 30.3 Å². The number of aromatic nitrogens is 1. The third-order valence-electron chi connectivity index (χ3n) is 5.50. The number of rotatable bonds is 5. The lowest BCUT2D eigenvalue weighted by molar-refractivity contribution is -0.137. The Bertz CT molecular complexity index is 850. The molecule has 0 saturated carbocycles. The second-order valence-corrected chi connectivity index (χ2v) is 7.49. The number of nitrogens with zero attached hydrogens (tertiary/aromatic N) is 2. The Labute approximate surface area is 162 Å². The van der Waals surface area contributed by atoms with Crippen LogP contribution < -0.4 is 0 Å². The molecule has 2 heterocycles. The maximum Gasteiger partial charge on any atom is 0.416 e. The molecule has 4 nitrogen and oxygen atoms in total. The molecule has 0 amide bonds. The summed E-state index contributed by atoms with van der Waals surface area (Å²) in [5, 5.41) is 9.23.